The van der Waals surface area contributed by atoms with E-state index in [1.54, 1.807) is 0 Å². The third-order valence-corrected chi connectivity index (χ3v) is 4.40. The first-order valence-electron chi connectivity index (χ1n) is 7.50. The molecular weight excluding hydrogens is 270 g/mol. The van der Waals surface area contributed by atoms with Crippen molar-refractivity contribution in [3.8, 4) is 5.75 Å². The van der Waals surface area contributed by atoms with Gasteiger partial charge in [0.05, 0.1) is 25.4 Å². The highest BCUT2D eigenvalue weighted by Crippen LogP contribution is 2.27. The zero-order valence-corrected chi connectivity index (χ0v) is 13.2. The van der Waals surface area contributed by atoms with Crippen molar-refractivity contribution < 1.29 is 9.47 Å². The molecule has 0 spiro atoms. The quantitative estimate of drug-likeness (QED) is 0.836. The van der Waals surface area contributed by atoms with Crippen molar-refractivity contribution in [3.63, 3.8) is 0 Å². The minimum absolute atomic E-state index is 0.262. The first kappa shape index (κ1) is 15.7. The normalized spacial score (nSPS) is 20.6. The van der Waals surface area contributed by atoms with Gasteiger partial charge in [0.25, 0.3) is 0 Å². The third-order valence-electron chi connectivity index (χ3n) is 3.38. The summed E-state index contributed by atoms with van der Waals surface area (Å²) >= 11 is 1.98. The summed E-state index contributed by atoms with van der Waals surface area (Å²) < 4.78 is 11.5. The maximum atomic E-state index is 5.95. The molecule has 2 atom stereocenters. The van der Waals surface area contributed by atoms with E-state index in [1.165, 1.54) is 5.56 Å². The van der Waals surface area contributed by atoms with Crippen LogP contribution in [0, 0.1) is 0 Å². The van der Waals surface area contributed by atoms with Crippen molar-refractivity contribution in [2.45, 2.75) is 32.4 Å². The zero-order valence-electron chi connectivity index (χ0n) is 12.4. The minimum atomic E-state index is 0.262. The van der Waals surface area contributed by atoms with E-state index < -0.39 is 0 Å². The van der Waals surface area contributed by atoms with Crippen LogP contribution in [0.25, 0.3) is 0 Å². The van der Waals surface area contributed by atoms with Crippen LogP contribution in [-0.2, 0) is 4.74 Å². The predicted molar refractivity (Wildman–Crippen MR) is 85.7 cm³/mol. The molecule has 20 heavy (non-hydrogen) atoms. The lowest BCUT2D eigenvalue weighted by atomic mass is 10.0. The van der Waals surface area contributed by atoms with E-state index in [9.17, 15) is 0 Å². The van der Waals surface area contributed by atoms with Crippen LogP contribution >= 0.6 is 11.8 Å². The van der Waals surface area contributed by atoms with E-state index in [1.807, 2.05) is 18.7 Å². The Morgan fingerprint density at radius 3 is 2.75 bits per heavy atom. The SMILES string of the molecule is CCCNC(c1ccc(OCC)cc1)C1CSCCO1. The van der Waals surface area contributed by atoms with Crippen molar-refractivity contribution in [2.24, 2.45) is 0 Å². The Morgan fingerprint density at radius 2 is 2.15 bits per heavy atom. The molecule has 2 unspecified atom stereocenters. The molecule has 0 radical (unpaired) electrons. The van der Waals surface area contributed by atoms with Crippen LogP contribution in [0.1, 0.15) is 31.9 Å². The molecule has 1 heterocycles. The van der Waals surface area contributed by atoms with Gasteiger partial charge in [-0.1, -0.05) is 19.1 Å². The number of hydrogen-bond donors (Lipinski definition) is 1. The van der Waals surface area contributed by atoms with E-state index in [0.717, 1.165) is 36.8 Å². The Balaban J connectivity index is 2.07. The van der Waals surface area contributed by atoms with Gasteiger partial charge < -0.3 is 14.8 Å². The molecule has 1 aromatic carbocycles. The third kappa shape index (κ3) is 4.40. The number of nitrogens with one attached hydrogen (secondary N) is 1. The monoisotopic (exact) mass is 295 g/mol. The summed E-state index contributed by atoms with van der Waals surface area (Å²) in [5.41, 5.74) is 1.29. The van der Waals surface area contributed by atoms with E-state index in [4.69, 9.17) is 9.47 Å². The number of benzene rings is 1. The molecule has 4 heteroatoms. The van der Waals surface area contributed by atoms with E-state index in [0.29, 0.717) is 6.61 Å². The lowest BCUT2D eigenvalue weighted by Crippen LogP contribution is -2.38. The van der Waals surface area contributed by atoms with Gasteiger partial charge in [-0.05, 0) is 37.6 Å². The summed E-state index contributed by atoms with van der Waals surface area (Å²) in [6.07, 6.45) is 1.39. The van der Waals surface area contributed by atoms with E-state index in [2.05, 4.69) is 36.5 Å². The molecule has 0 aliphatic carbocycles. The van der Waals surface area contributed by atoms with Crippen LogP contribution in [0.5, 0.6) is 5.75 Å². The summed E-state index contributed by atoms with van der Waals surface area (Å²) in [4.78, 5) is 0. The predicted octanol–water partition coefficient (Wildman–Crippen LogP) is 3.26. The number of rotatable bonds is 7. The average molecular weight is 295 g/mol. The van der Waals surface area contributed by atoms with Gasteiger partial charge in [0.15, 0.2) is 0 Å². The molecule has 0 amide bonds. The number of hydrogen-bond acceptors (Lipinski definition) is 4. The Morgan fingerprint density at radius 1 is 1.35 bits per heavy atom. The van der Waals surface area contributed by atoms with Gasteiger partial charge in [-0.25, -0.2) is 0 Å². The molecule has 112 valence electrons. The molecule has 1 aliphatic heterocycles. The first-order chi connectivity index (χ1) is 9.85. The fraction of sp³-hybridized carbons (Fsp3) is 0.625. The van der Waals surface area contributed by atoms with Crippen LogP contribution in [0.4, 0.5) is 0 Å². The van der Waals surface area contributed by atoms with E-state index in [-0.39, 0.29) is 12.1 Å². The molecule has 2 rings (SSSR count). The van der Waals surface area contributed by atoms with Crippen LogP contribution in [-0.4, -0.2) is 37.4 Å². The Hall–Kier alpha value is -0.710. The Labute approximate surface area is 126 Å². The molecule has 0 bridgehead atoms. The highest BCUT2D eigenvalue weighted by atomic mass is 32.2. The molecule has 1 saturated heterocycles. The second kappa shape index (κ2) is 8.55. The summed E-state index contributed by atoms with van der Waals surface area (Å²) in [7, 11) is 0. The van der Waals surface area contributed by atoms with Crippen molar-refractivity contribution in [2.75, 3.05) is 31.3 Å². The highest BCUT2D eigenvalue weighted by Gasteiger charge is 2.25. The van der Waals surface area contributed by atoms with Crippen molar-refractivity contribution in [1.29, 1.82) is 0 Å². The lowest BCUT2D eigenvalue weighted by Gasteiger charge is -2.31. The van der Waals surface area contributed by atoms with Crippen LogP contribution in [0.15, 0.2) is 24.3 Å². The number of ether oxygens (including phenoxy) is 2. The largest absolute Gasteiger partial charge is 0.494 e. The van der Waals surface area contributed by atoms with Gasteiger partial charge in [-0.3, -0.25) is 0 Å². The second-order valence-corrected chi connectivity index (χ2v) is 6.07. The molecule has 3 nitrogen and oxygen atoms in total. The molecule has 0 saturated carbocycles. The molecule has 1 N–H and O–H groups in total. The summed E-state index contributed by atoms with van der Waals surface area (Å²) in [5.74, 6) is 3.11. The molecule has 1 aromatic rings. The summed E-state index contributed by atoms with van der Waals surface area (Å²) in [6, 6.07) is 8.69. The van der Waals surface area contributed by atoms with Crippen molar-refractivity contribution >= 4 is 11.8 Å². The smallest absolute Gasteiger partial charge is 0.119 e. The average Bonchev–Trinajstić information content (AvgIpc) is 2.51. The summed E-state index contributed by atoms with van der Waals surface area (Å²) in [5, 5.41) is 3.63. The van der Waals surface area contributed by atoms with Gasteiger partial charge in [-0.2, -0.15) is 11.8 Å². The van der Waals surface area contributed by atoms with Crippen molar-refractivity contribution in [1.82, 2.24) is 5.32 Å². The van der Waals surface area contributed by atoms with Crippen LogP contribution in [0.3, 0.4) is 0 Å². The van der Waals surface area contributed by atoms with Crippen molar-refractivity contribution in [3.05, 3.63) is 29.8 Å². The maximum Gasteiger partial charge on any atom is 0.119 e. The molecular formula is C16H25NO2S. The fourth-order valence-corrected chi connectivity index (χ4v) is 3.30. The van der Waals surface area contributed by atoms with Gasteiger partial charge in [0, 0.05) is 11.5 Å². The van der Waals surface area contributed by atoms with Gasteiger partial charge >= 0.3 is 0 Å². The maximum absolute atomic E-state index is 5.95. The lowest BCUT2D eigenvalue weighted by molar-refractivity contribution is 0.0468. The molecule has 0 aromatic heterocycles. The Kier molecular flexibility index (Phi) is 6.70. The van der Waals surface area contributed by atoms with Gasteiger partial charge in [-0.15, -0.1) is 0 Å². The molecule has 1 fully saturated rings. The molecule has 1 aliphatic rings. The summed E-state index contributed by atoms with van der Waals surface area (Å²) in [6.45, 7) is 6.78. The van der Waals surface area contributed by atoms with E-state index >= 15 is 0 Å². The minimum Gasteiger partial charge on any atom is -0.494 e. The van der Waals surface area contributed by atoms with Gasteiger partial charge in [0.1, 0.15) is 5.75 Å². The van der Waals surface area contributed by atoms with Crippen LogP contribution < -0.4 is 10.1 Å². The highest BCUT2D eigenvalue weighted by molar-refractivity contribution is 7.99. The standard InChI is InChI=1S/C16H25NO2S/c1-3-9-17-16(15-12-20-11-10-19-15)13-5-7-14(8-6-13)18-4-2/h5-8,15-17H,3-4,9-12H2,1-2H3. The fourth-order valence-electron chi connectivity index (χ4n) is 2.40. The van der Waals surface area contributed by atoms with Gasteiger partial charge in [0.2, 0.25) is 0 Å². The Bertz CT molecular complexity index is 377. The topological polar surface area (TPSA) is 30.5 Å². The second-order valence-electron chi connectivity index (χ2n) is 4.92. The zero-order chi connectivity index (χ0) is 14.2. The number of thioether (sulfide) groups is 1. The van der Waals surface area contributed by atoms with Crippen LogP contribution in [0.2, 0.25) is 0 Å². The first-order valence-corrected chi connectivity index (χ1v) is 8.66.